The van der Waals surface area contributed by atoms with Crippen molar-refractivity contribution in [3.63, 3.8) is 0 Å². The maximum absolute atomic E-state index is 12.5. The smallest absolute Gasteiger partial charge is 0.138 e. The highest BCUT2D eigenvalue weighted by Crippen LogP contribution is 2.16. The number of hydrogen-bond acceptors (Lipinski definition) is 1. The van der Waals surface area contributed by atoms with E-state index in [0.717, 1.165) is 12.0 Å². The van der Waals surface area contributed by atoms with E-state index < -0.39 is 5.83 Å². The molecule has 0 amide bonds. The van der Waals surface area contributed by atoms with Crippen molar-refractivity contribution in [3.05, 3.63) is 60.6 Å². The van der Waals surface area contributed by atoms with Crippen molar-refractivity contribution in [2.24, 2.45) is 5.73 Å². The SMILES string of the molecule is C=C/C=C(\CC)C(=C)/C=C(/N)C(=C)F. The first-order valence-corrected chi connectivity index (χ1v) is 4.35. The topological polar surface area (TPSA) is 26.0 Å². The molecule has 0 spiro atoms. The lowest BCUT2D eigenvalue weighted by Gasteiger charge is -2.04. The first kappa shape index (κ1) is 12.4. The normalized spacial score (nSPS) is 12.4. The monoisotopic (exact) mass is 193 g/mol. The second-order valence-corrected chi connectivity index (χ2v) is 2.81. The molecule has 0 radical (unpaired) electrons. The number of allylic oxidation sites excluding steroid dienone is 6. The number of hydrogen-bond donors (Lipinski definition) is 1. The molecular weight excluding hydrogens is 177 g/mol. The molecule has 0 aliphatic rings. The van der Waals surface area contributed by atoms with Gasteiger partial charge < -0.3 is 5.73 Å². The molecule has 0 aromatic carbocycles. The predicted molar refractivity (Wildman–Crippen MR) is 60.2 cm³/mol. The van der Waals surface area contributed by atoms with Crippen molar-refractivity contribution in [1.29, 1.82) is 0 Å². The molecule has 1 nitrogen and oxygen atoms in total. The molecule has 0 rings (SSSR count). The van der Waals surface area contributed by atoms with Gasteiger partial charge in [0.25, 0.3) is 0 Å². The Labute approximate surface area is 84.8 Å². The molecule has 2 heteroatoms. The van der Waals surface area contributed by atoms with Crippen LogP contribution in [0.5, 0.6) is 0 Å². The fourth-order valence-corrected chi connectivity index (χ4v) is 0.953. The summed E-state index contributed by atoms with van der Waals surface area (Å²) >= 11 is 0. The average Bonchev–Trinajstić information content (AvgIpc) is 2.13. The van der Waals surface area contributed by atoms with Crippen LogP contribution in [-0.4, -0.2) is 0 Å². The van der Waals surface area contributed by atoms with E-state index in [-0.39, 0.29) is 5.70 Å². The lowest BCUT2D eigenvalue weighted by Crippen LogP contribution is -1.98. The van der Waals surface area contributed by atoms with Crippen LogP contribution in [0.4, 0.5) is 4.39 Å². The van der Waals surface area contributed by atoms with Crippen LogP contribution < -0.4 is 5.73 Å². The van der Waals surface area contributed by atoms with Gasteiger partial charge in [-0.25, -0.2) is 4.39 Å². The van der Waals surface area contributed by atoms with Gasteiger partial charge in [-0.05, 0) is 23.6 Å². The molecule has 0 aliphatic heterocycles. The van der Waals surface area contributed by atoms with Gasteiger partial charge in [-0.3, -0.25) is 0 Å². The van der Waals surface area contributed by atoms with Crippen LogP contribution in [0, 0.1) is 0 Å². The van der Waals surface area contributed by atoms with Crippen molar-refractivity contribution in [2.75, 3.05) is 0 Å². The van der Waals surface area contributed by atoms with Gasteiger partial charge in [0.2, 0.25) is 0 Å². The van der Waals surface area contributed by atoms with Crippen LogP contribution in [0.25, 0.3) is 0 Å². The first-order chi connectivity index (χ1) is 6.52. The van der Waals surface area contributed by atoms with E-state index in [1.807, 2.05) is 13.0 Å². The standard InChI is InChI=1S/C12H16FN/c1-5-7-11(6-2)9(3)8-12(14)10(4)13/h5,7-8H,1,3-4,6,14H2,2H3/b11-7+,12-8+. The molecule has 0 saturated heterocycles. The Bertz CT molecular complexity index is 308. The summed E-state index contributed by atoms with van der Waals surface area (Å²) in [5.74, 6) is -0.639. The summed E-state index contributed by atoms with van der Waals surface area (Å²) in [7, 11) is 0. The largest absolute Gasteiger partial charge is 0.396 e. The molecule has 0 atom stereocenters. The van der Waals surface area contributed by atoms with Crippen LogP contribution in [0.1, 0.15) is 13.3 Å². The molecule has 0 aliphatic carbocycles. The van der Waals surface area contributed by atoms with Gasteiger partial charge in [0.15, 0.2) is 0 Å². The predicted octanol–water partition coefficient (Wildman–Crippen LogP) is 3.39. The van der Waals surface area contributed by atoms with Crippen molar-refractivity contribution < 1.29 is 4.39 Å². The van der Waals surface area contributed by atoms with E-state index in [1.54, 1.807) is 6.08 Å². The number of rotatable bonds is 5. The average molecular weight is 193 g/mol. The van der Waals surface area contributed by atoms with E-state index in [1.165, 1.54) is 6.08 Å². The van der Waals surface area contributed by atoms with Gasteiger partial charge in [-0.1, -0.05) is 38.8 Å². The van der Waals surface area contributed by atoms with Crippen molar-refractivity contribution in [3.8, 4) is 0 Å². The summed E-state index contributed by atoms with van der Waals surface area (Å²) < 4.78 is 12.5. The fourth-order valence-electron chi connectivity index (χ4n) is 0.953. The van der Waals surface area contributed by atoms with Crippen molar-refractivity contribution >= 4 is 0 Å². The molecule has 2 N–H and O–H groups in total. The summed E-state index contributed by atoms with van der Waals surface area (Å²) in [4.78, 5) is 0. The quantitative estimate of drug-likeness (QED) is 0.665. The van der Waals surface area contributed by atoms with Crippen LogP contribution in [-0.2, 0) is 0 Å². The molecule has 0 fully saturated rings. The molecule has 0 bridgehead atoms. The third-order valence-electron chi connectivity index (χ3n) is 1.76. The Kier molecular flexibility index (Phi) is 5.30. The first-order valence-electron chi connectivity index (χ1n) is 4.35. The van der Waals surface area contributed by atoms with Gasteiger partial charge in [0.05, 0.1) is 5.70 Å². The van der Waals surface area contributed by atoms with E-state index in [0.29, 0.717) is 5.57 Å². The molecule has 14 heavy (non-hydrogen) atoms. The van der Waals surface area contributed by atoms with E-state index >= 15 is 0 Å². The second kappa shape index (κ2) is 5.97. The zero-order valence-electron chi connectivity index (χ0n) is 8.52. The Hall–Kier alpha value is -1.57. The maximum Gasteiger partial charge on any atom is 0.138 e. The van der Waals surface area contributed by atoms with Crippen molar-refractivity contribution in [1.82, 2.24) is 0 Å². The third-order valence-corrected chi connectivity index (χ3v) is 1.76. The molecule has 76 valence electrons. The fraction of sp³-hybridized carbons (Fsp3) is 0.167. The van der Waals surface area contributed by atoms with Gasteiger partial charge in [0, 0.05) is 0 Å². The Morgan fingerprint density at radius 1 is 1.43 bits per heavy atom. The molecule has 0 unspecified atom stereocenters. The van der Waals surface area contributed by atoms with Crippen molar-refractivity contribution in [2.45, 2.75) is 13.3 Å². The Morgan fingerprint density at radius 2 is 2.00 bits per heavy atom. The van der Waals surface area contributed by atoms with Gasteiger partial charge in [-0.15, -0.1) is 0 Å². The molecule has 0 heterocycles. The highest BCUT2D eigenvalue weighted by atomic mass is 19.1. The van der Waals surface area contributed by atoms with E-state index in [9.17, 15) is 4.39 Å². The summed E-state index contributed by atoms with van der Waals surface area (Å²) in [5, 5.41) is 0. The Morgan fingerprint density at radius 3 is 2.36 bits per heavy atom. The summed E-state index contributed by atoms with van der Waals surface area (Å²) in [5.41, 5.74) is 7.05. The van der Waals surface area contributed by atoms with E-state index in [2.05, 4.69) is 19.7 Å². The number of nitrogens with two attached hydrogens (primary N) is 1. The van der Waals surface area contributed by atoms with Gasteiger partial charge in [0.1, 0.15) is 5.83 Å². The third kappa shape index (κ3) is 3.90. The lowest BCUT2D eigenvalue weighted by atomic mass is 10.0. The molecule has 0 aromatic heterocycles. The number of halogens is 1. The highest BCUT2D eigenvalue weighted by molar-refractivity contribution is 5.42. The van der Waals surface area contributed by atoms with Crippen LogP contribution in [0.15, 0.2) is 60.6 Å². The summed E-state index contributed by atoms with van der Waals surface area (Å²) in [6.07, 6.45) is 5.76. The minimum atomic E-state index is -0.639. The maximum atomic E-state index is 12.5. The summed E-state index contributed by atoms with van der Waals surface area (Å²) in [6.45, 7) is 12.5. The Balaban J connectivity index is 4.79. The highest BCUT2D eigenvalue weighted by Gasteiger charge is 2.00. The summed E-state index contributed by atoms with van der Waals surface area (Å²) in [6, 6.07) is 0. The van der Waals surface area contributed by atoms with Gasteiger partial charge in [-0.2, -0.15) is 0 Å². The second-order valence-electron chi connectivity index (χ2n) is 2.81. The van der Waals surface area contributed by atoms with Gasteiger partial charge >= 0.3 is 0 Å². The molecule has 0 saturated carbocycles. The zero-order chi connectivity index (χ0) is 11.1. The zero-order valence-corrected chi connectivity index (χ0v) is 8.52. The molecule has 0 aromatic rings. The molecular formula is C12H16FN. The van der Waals surface area contributed by atoms with Crippen LogP contribution >= 0.6 is 0 Å². The van der Waals surface area contributed by atoms with E-state index in [4.69, 9.17) is 5.73 Å². The minimum Gasteiger partial charge on any atom is -0.396 e. The van der Waals surface area contributed by atoms with Crippen LogP contribution in [0.3, 0.4) is 0 Å². The lowest BCUT2D eigenvalue weighted by molar-refractivity contribution is 0.653. The minimum absolute atomic E-state index is 0.0124. The van der Waals surface area contributed by atoms with Crippen LogP contribution in [0.2, 0.25) is 0 Å².